The first-order valence-corrected chi connectivity index (χ1v) is 4.89. The van der Waals surface area contributed by atoms with Crippen LogP contribution in [0.1, 0.15) is 0 Å². The molecule has 1 heterocycles. The van der Waals surface area contributed by atoms with Gasteiger partial charge in [0.2, 0.25) is 0 Å². The summed E-state index contributed by atoms with van der Waals surface area (Å²) in [6.07, 6.45) is 0. The van der Waals surface area contributed by atoms with Crippen LogP contribution in [0.4, 0.5) is 4.39 Å². The molecular weight excluding hydrogens is 209 g/mol. The first kappa shape index (κ1) is 8.66. The molecule has 0 N–H and O–H groups in total. The van der Waals surface area contributed by atoms with Crippen LogP contribution in [-0.2, 0) is 0 Å². The van der Waals surface area contributed by atoms with Crippen LogP contribution in [-0.4, -0.2) is 4.98 Å². The maximum Gasteiger partial charge on any atom is 0.184 e. The molecular formula is C9H5ClFNS. The number of halogens is 2. The van der Waals surface area contributed by atoms with Gasteiger partial charge in [0.05, 0.1) is 5.69 Å². The first-order valence-electron chi connectivity index (χ1n) is 3.63. The van der Waals surface area contributed by atoms with Crippen LogP contribution < -0.4 is 0 Å². The lowest BCUT2D eigenvalue weighted by Gasteiger charge is -1.96. The molecule has 0 saturated heterocycles. The Morgan fingerprint density at radius 3 is 2.69 bits per heavy atom. The fraction of sp³-hybridized carbons (Fsp3) is 0. The van der Waals surface area contributed by atoms with Crippen molar-refractivity contribution < 1.29 is 4.39 Å². The lowest BCUT2D eigenvalue weighted by atomic mass is 10.2. The summed E-state index contributed by atoms with van der Waals surface area (Å²) in [6, 6.07) is 6.50. The number of thiazole rings is 1. The Kier molecular flexibility index (Phi) is 2.29. The van der Waals surface area contributed by atoms with E-state index in [1.807, 2.05) is 0 Å². The van der Waals surface area contributed by atoms with Gasteiger partial charge in [-0.2, -0.15) is 0 Å². The van der Waals surface area contributed by atoms with Crippen LogP contribution in [0.3, 0.4) is 0 Å². The molecule has 13 heavy (non-hydrogen) atoms. The van der Waals surface area contributed by atoms with Crippen molar-refractivity contribution in [2.75, 3.05) is 0 Å². The fourth-order valence-electron chi connectivity index (χ4n) is 1.04. The third-order valence-electron chi connectivity index (χ3n) is 1.63. The van der Waals surface area contributed by atoms with Gasteiger partial charge in [-0.1, -0.05) is 23.7 Å². The monoisotopic (exact) mass is 213 g/mol. The highest BCUT2D eigenvalue weighted by Gasteiger charge is 2.06. The van der Waals surface area contributed by atoms with Gasteiger partial charge in [0.1, 0.15) is 5.82 Å². The van der Waals surface area contributed by atoms with Gasteiger partial charge >= 0.3 is 0 Å². The Morgan fingerprint density at radius 2 is 2.08 bits per heavy atom. The second-order valence-electron chi connectivity index (χ2n) is 2.47. The maximum atomic E-state index is 13.2. The molecule has 0 atom stereocenters. The van der Waals surface area contributed by atoms with E-state index < -0.39 is 0 Å². The molecule has 0 bridgehead atoms. The van der Waals surface area contributed by atoms with Crippen LogP contribution in [0.15, 0.2) is 29.6 Å². The van der Waals surface area contributed by atoms with E-state index in [1.165, 1.54) is 17.4 Å². The SMILES string of the molecule is Fc1ccccc1-c1csc(Cl)n1. The highest BCUT2D eigenvalue weighted by atomic mass is 35.5. The van der Waals surface area contributed by atoms with Gasteiger partial charge in [-0.3, -0.25) is 0 Å². The zero-order chi connectivity index (χ0) is 9.26. The van der Waals surface area contributed by atoms with Crippen molar-refractivity contribution in [3.05, 3.63) is 39.9 Å². The molecule has 1 nitrogen and oxygen atoms in total. The zero-order valence-corrected chi connectivity index (χ0v) is 8.07. The Hall–Kier alpha value is -0.930. The van der Waals surface area contributed by atoms with Crippen LogP contribution in [0.5, 0.6) is 0 Å². The summed E-state index contributed by atoms with van der Waals surface area (Å²) in [5.74, 6) is -0.274. The molecule has 0 aliphatic heterocycles. The number of rotatable bonds is 1. The molecule has 1 aromatic heterocycles. The highest BCUT2D eigenvalue weighted by Crippen LogP contribution is 2.26. The van der Waals surface area contributed by atoms with Gasteiger partial charge in [-0.15, -0.1) is 11.3 Å². The molecule has 66 valence electrons. The van der Waals surface area contributed by atoms with E-state index in [9.17, 15) is 4.39 Å². The lowest BCUT2D eigenvalue weighted by Crippen LogP contribution is -1.82. The average Bonchev–Trinajstić information content (AvgIpc) is 2.53. The van der Waals surface area contributed by atoms with Crippen LogP contribution in [0.2, 0.25) is 4.47 Å². The van der Waals surface area contributed by atoms with Gasteiger partial charge in [0.15, 0.2) is 4.47 Å². The van der Waals surface area contributed by atoms with E-state index in [-0.39, 0.29) is 5.82 Å². The van der Waals surface area contributed by atoms with Gasteiger partial charge in [-0.25, -0.2) is 9.37 Å². The summed E-state index contributed by atoms with van der Waals surface area (Å²) < 4.78 is 13.6. The molecule has 0 fully saturated rings. The molecule has 0 aliphatic carbocycles. The summed E-state index contributed by atoms with van der Waals surface area (Å²) >= 11 is 6.94. The van der Waals surface area contributed by atoms with Gasteiger partial charge in [0.25, 0.3) is 0 Å². The molecule has 2 aromatic rings. The van der Waals surface area contributed by atoms with Crippen molar-refractivity contribution in [1.29, 1.82) is 0 Å². The second-order valence-corrected chi connectivity index (χ2v) is 3.91. The minimum Gasteiger partial charge on any atom is -0.225 e. The van der Waals surface area contributed by atoms with Gasteiger partial charge in [-0.05, 0) is 12.1 Å². The number of benzene rings is 1. The van der Waals surface area contributed by atoms with E-state index in [4.69, 9.17) is 11.6 Å². The van der Waals surface area contributed by atoms with E-state index in [0.717, 1.165) is 0 Å². The predicted molar refractivity (Wildman–Crippen MR) is 52.5 cm³/mol. The lowest BCUT2D eigenvalue weighted by molar-refractivity contribution is 0.631. The van der Waals surface area contributed by atoms with Gasteiger partial charge < -0.3 is 0 Å². The fourth-order valence-corrected chi connectivity index (χ4v) is 1.81. The van der Waals surface area contributed by atoms with Crippen LogP contribution in [0, 0.1) is 5.82 Å². The predicted octanol–water partition coefficient (Wildman–Crippen LogP) is 3.60. The van der Waals surface area contributed by atoms with Gasteiger partial charge in [0, 0.05) is 10.9 Å². The number of hydrogen-bond acceptors (Lipinski definition) is 2. The number of nitrogens with zero attached hydrogens (tertiary/aromatic N) is 1. The summed E-state index contributed by atoms with van der Waals surface area (Å²) in [4.78, 5) is 3.99. The highest BCUT2D eigenvalue weighted by molar-refractivity contribution is 7.14. The molecule has 2 rings (SSSR count). The van der Waals surface area contributed by atoms with Crippen LogP contribution >= 0.6 is 22.9 Å². The Balaban J connectivity index is 2.52. The van der Waals surface area contributed by atoms with Crippen molar-refractivity contribution >= 4 is 22.9 Å². The average molecular weight is 214 g/mol. The summed E-state index contributed by atoms with van der Waals surface area (Å²) in [7, 11) is 0. The van der Waals surface area contributed by atoms with E-state index in [0.29, 0.717) is 15.7 Å². The van der Waals surface area contributed by atoms with E-state index in [2.05, 4.69) is 4.98 Å². The van der Waals surface area contributed by atoms with Crippen molar-refractivity contribution in [3.8, 4) is 11.3 Å². The third kappa shape index (κ3) is 1.71. The topological polar surface area (TPSA) is 12.9 Å². The minimum atomic E-state index is -0.274. The third-order valence-corrected chi connectivity index (χ3v) is 2.60. The van der Waals surface area contributed by atoms with Crippen LogP contribution in [0.25, 0.3) is 11.3 Å². The molecule has 1 aromatic carbocycles. The summed E-state index contributed by atoms with van der Waals surface area (Å²) in [5.41, 5.74) is 1.08. The molecule has 0 amide bonds. The molecule has 0 radical (unpaired) electrons. The smallest absolute Gasteiger partial charge is 0.184 e. The van der Waals surface area contributed by atoms with Crippen molar-refractivity contribution in [2.45, 2.75) is 0 Å². The molecule has 0 unspecified atom stereocenters. The Labute approximate surface area is 83.8 Å². The molecule has 0 spiro atoms. The zero-order valence-electron chi connectivity index (χ0n) is 6.50. The minimum absolute atomic E-state index is 0.274. The molecule has 4 heteroatoms. The summed E-state index contributed by atoms with van der Waals surface area (Å²) in [6.45, 7) is 0. The first-order chi connectivity index (χ1) is 6.27. The number of aromatic nitrogens is 1. The molecule has 0 aliphatic rings. The normalized spacial score (nSPS) is 10.3. The quantitative estimate of drug-likeness (QED) is 0.705. The van der Waals surface area contributed by atoms with Crippen molar-refractivity contribution in [3.63, 3.8) is 0 Å². The Morgan fingerprint density at radius 1 is 1.31 bits per heavy atom. The van der Waals surface area contributed by atoms with Crippen molar-refractivity contribution in [2.24, 2.45) is 0 Å². The number of hydrogen-bond donors (Lipinski definition) is 0. The Bertz CT molecular complexity index is 427. The van der Waals surface area contributed by atoms with E-state index >= 15 is 0 Å². The standard InChI is InChI=1S/C9H5ClFNS/c10-9-12-8(5-13-9)6-3-1-2-4-7(6)11/h1-5H. The van der Waals surface area contributed by atoms with E-state index in [1.54, 1.807) is 23.6 Å². The maximum absolute atomic E-state index is 13.2. The molecule has 0 saturated carbocycles. The van der Waals surface area contributed by atoms with Crippen molar-refractivity contribution in [1.82, 2.24) is 4.98 Å². The largest absolute Gasteiger partial charge is 0.225 e. The second kappa shape index (κ2) is 3.44. The summed E-state index contributed by atoms with van der Waals surface area (Å²) in [5, 5.41) is 1.74.